The summed E-state index contributed by atoms with van der Waals surface area (Å²) in [7, 11) is 0. The third kappa shape index (κ3) is 4.09. The SMILES string of the molecule is [CH]/C(C)=C/CS. The van der Waals surface area contributed by atoms with Gasteiger partial charge in [-0.25, -0.2) is 0 Å². The smallest absolute Gasteiger partial charge is 0.00851 e. The molecule has 0 N–H and O–H groups in total. The summed E-state index contributed by atoms with van der Waals surface area (Å²) in [5, 5.41) is 0. The average molecular weight is 100 g/mol. The van der Waals surface area contributed by atoms with Crippen LogP contribution in [0.5, 0.6) is 0 Å². The highest BCUT2D eigenvalue weighted by Gasteiger charge is 1.68. The molecule has 2 radical (unpaired) electrons. The lowest BCUT2D eigenvalue weighted by molar-refractivity contribution is 1.50. The highest BCUT2D eigenvalue weighted by molar-refractivity contribution is 7.80. The summed E-state index contributed by atoms with van der Waals surface area (Å²) in [5.41, 5.74) is 0.838. The van der Waals surface area contributed by atoms with Crippen LogP contribution in [0.3, 0.4) is 0 Å². The molecule has 0 aromatic carbocycles. The van der Waals surface area contributed by atoms with E-state index in [1.165, 1.54) is 0 Å². The van der Waals surface area contributed by atoms with E-state index in [2.05, 4.69) is 12.6 Å². The molecule has 0 aliphatic heterocycles. The van der Waals surface area contributed by atoms with E-state index in [-0.39, 0.29) is 0 Å². The zero-order chi connectivity index (χ0) is 4.99. The molecule has 0 aliphatic rings. The Balaban J connectivity index is 3.14. The van der Waals surface area contributed by atoms with Crippen molar-refractivity contribution in [2.24, 2.45) is 0 Å². The van der Waals surface area contributed by atoms with Gasteiger partial charge in [0, 0.05) is 5.75 Å². The highest BCUT2D eigenvalue weighted by atomic mass is 32.1. The summed E-state index contributed by atoms with van der Waals surface area (Å²) in [6, 6.07) is 0. The lowest BCUT2D eigenvalue weighted by Gasteiger charge is -1.79. The maximum absolute atomic E-state index is 5.22. The van der Waals surface area contributed by atoms with Crippen molar-refractivity contribution >= 4 is 12.6 Å². The molecule has 0 heterocycles. The second-order valence-corrected chi connectivity index (χ2v) is 1.50. The van der Waals surface area contributed by atoms with Crippen LogP contribution in [0.25, 0.3) is 0 Å². The zero-order valence-electron chi connectivity index (χ0n) is 3.81. The van der Waals surface area contributed by atoms with Crippen molar-refractivity contribution in [1.82, 2.24) is 0 Å². The number of hydrogen-bond donors (Lipinski definition) is 1. The van der Waals surface area contributed by atoms with Crippen molar-refractivity contribution in [2.75, 3.05) is 5.75 Å². The molecule has 0 aliphatic carbocycles. The fraction of sp³-hybridized carbons (Fsp3) is 0.400. The minimum Gasteiger partial charge on any atom is -0.175 e. The van der Waals surface area contributed by atoms with E-state index in [1.807, 2.05) is 13.0 Å². The van der Waals surface area contributed by atoms with Gasteiger partial charge in [-0.05, 0) is 13.8 Å². The van der Waals surface area contributed by atoms with Crippen molar-refractivity contribution in [1.29, 1.82) is 0 Å². The first kappa shape index (κ1) is 6.09. The Morgan fingerprint density at radius 3 is 2.50 bits per heavy atom. The summed E-state index contributed by atoms with van der Waals surface area (Å²) in [6.07, 6.45) is 1.85. The van der Waals surface area contributed by atoms with Crippen LogP contribution in [-0.2, 0) is 0 Å². The van der Waals surface area contributed by atoms with Crippen LogP contribution in [0, 0.1) is 6.92 Å². The minimum atomic E-state index is 0.738. The van der Waals surface area contributed by atoms with Gasteiger partial charge < -0.3 is 0 Å². The van der Waals surface area contributed by atoms with Gasteiger partial charge in [0.1, 0.15) is 0 Å². The second-order valence-electron chi connectivity index (χ2n) is 1.13. The Labute approximate surface area is 44.7 Å². The molecule has 1 heteroatoms. The number of hydrogen-bond acceptors (Lipinski definition) is 1. The molecular weight excluding hydrogens is 92.1 g/mol. The lowest BCUT2D eigenvalue weighted by Crippen LogP contribution is -1.63. The average Bonchev–Trinajstić information content (AvgIpc) is 1.35. The summed E-state index contributed by atoms with van der Waals surface area (Å²) in [4.78, 5) is 0. The molecule has 0 amide bonds. The van der Waals surface area contributed by atoms with E-state index in [9.17, 15) is 0 Å². The molecule has 0 aromatic heterocycles. The van der Waals surface area contributed by atoms with E-state index < -0.39 is 0 Å². The molecule has 0 saturated heterocycles. The quantitative estimate of drug-likeness (QED) is 0.475. The molecule has 0 saturated carbocycles. The predicted octanol–water partition coefficient (Wildman–Crippen LogP) is 1.57. The van der Waals surface area contributed by atoms with Crippen LogP contribution in [0.15, 0.2) is 11.6 Å². The van der Waals surface area contributed by atoms with E-state index in [4.69, 9.17) is 6.92 Å². The van der Waals surface area contributed by atoms with Gasteiger partial charge in [0.2, 0.25) is 0 Å². The van der Waals surface area contributed by atoms with E-state index in [1.54, 1.807) is 0 Å². The lowest BCUT2D eigenvalue weighted by atomic mass is 10.3. The molecule has 34 valence electrons. The topological polar surface area (TPSA) is 0 Å². The number of thiol groups is 1. The minimum absolute atomic E-state index is 0.738. The van der Waals surface area contributed by atoms with Crippen molar-refractivity contribution in [3.63, 3.8) is 0 Å². The molecule has 0 fully saturated rings. The molecule has 6 heavy (non-hydrogen) atoms. The fourth-order valence-corrected chi connectivity index (χ4v) is 0.432. The van der Waals surface area contributed by atoms with Gasteiger partial charge in [-0.15, -0.1) is 0 Å². The van der Waals surface area contributed by atoms with Crippen LogP contribution in [0.1, 0.15) is 6.92 Å². The van der Waals surface area contributed by atoms with E-state index in [0.29, 0.717) is 0 Å². The van der Waals surface area contributed by atoms with Gasteiger partial charge in [-0.2, -0.15) is 12.6 Å². The van der Waals surface area contributed by atoms with Crippen molar-refractivity contribution in [3.8, 4) is 0 Å². The van der Waals surface area contributed by atoms with Crippen molar-refractivity contribution in [3.05, 3.63) is 18.6 Å². The van der Waals surface area contributed by atoms with Gasteiger partial charge in [-0.3, -0.25) is 0 Å². The molecule has 0 atom stereocenters. The van der Waals surface area contributed by atoms with Gasteiger partial charge in [0.15, 0.2) is 0 Å². The maximum Gasteiger partial charge on any atom is 0.00851 e. The van der Waals surface area contributed by atoms with Crippen LogP contribution in [0.4, 0.5) is 0 Å². The number of allylic oxidation sites excluding steroid dienone is 1. The zero-order valence-corrected chi connectivity index (χ0v) is 4.70. The van der Waals surface area contributed by atoms with Crippen molar-refractivity contribution < 1.29 is 0 Å². The normalized spacial score (nSPS) is 12.2. The van der Waals surface area contributed by atoms with Gasteiger partial charge in [0.25, 0.3) is 0 Å². The van der Waals surface area contributed by atoms with Crippen molar-refractivity contribution in [2.45, 2.75) is 6.92 Å². The second kappa shape index (κ2) is 3.29. The molecule has 0 aromatic rings. The summed E-state index contributed by atoms with van der Waals surface area (Å²) in [5.74, 6) is 0.738. The fourth-order valence-electron chi connectivity index (χ4n) is 0.144. The Morgan fingerprint density at radius 1 is 2.00 bits per heavy atom. The molecular formula is C5H8S. The molecule has 0 spiro atoms. The Bertz CT molecular complexity index is 51.0. The van der Waals surface area contributed by atoms with Crippen LogP contribution >= 0.6 is 12.6 Å². The Morgan fingerprint density at radius 2 is 2.50 bits per heavy atom. The van der Waals surface area contributed by atoms with E-state index >= 15 is 0 Å². The Kier molecular flexibility index (Phi) is 3.34. The summed E-state index contributed by atoms with van der Waals surface area (Å²) in [6.45, 7) is 7.06. The molecule has 0 nitrogen and oxygen atoms in total. The van der Waals surface area contributed by atoms with Gasteiger partial charge in [-0.1, -0.05) is 11.6 Å². The van der Waals surface area contributed by atoms with Crippen LogP contribution in [0.2, 0.25) is 0 Å². The monoisotopic (exact) mass is 100 g/mol. The first-order valence-electron chi connectivity index (χ1n) is 1.80. The highest BCUT2D eigenvalue weighted by Crippen LogP contribution is 1.86. The first-order valence-corrected chi connectivity index (χ1v) is 2.43. The maximum atomic E-state index is 5.22. The summed E-state index contributed by atoms with van der Waals surface area (Å²) < 4.78 is 0. The Hall–Kier alpha value is 0.0900. The first-order chi connectivity index (χ1) is 2.77. The molecule has 0 unspecified atom stereocenters. The van der Waals surface area contributed by atoms with Gasteiger partial charge >= 0.3 is 0 Å². The van der Waals surface area contributed by atoms with E-state index in [0.717, 1.165) is 11.3 Å². The molecule has 0 rings (SSSR count). The predicted molar refractivity (Wildman–Crippen MR) is 31.9 cm³/mol. The van der Waals surface area contributed by atoms with Crippen LogP contribution in [-0.4, -0.2) is 5.75 Å². The van der Waals surface area contributed by atoms with Crippen LogP contribution < -0.4 is 0 Å². The molecule has 0 bridgehead atoms. The summed E-state index contributed by atoms with van der Waals surface area (Å²) >= 11 is 3.90. The largest absolute Gasteiger partial charge is 0.175 e. The third-order valence-electron chi connectivity index (χ3n) is 0.413. The standard InChI is InChI=1S/C5H8S/c1-5(2)3-4-6/h1,3,6H,4H2,2H3/b5-3-. The third-order valence-corrected chi connectivity index (χ3v) is 0.596. The van der Waals surface area contributed by atoms with Gasteiger partial charge in [0.05, 0.1) is 0 Å². The number of rotatable bonds is 1.